The van der Waals surface area contributed by atoms with Crippen LogP contribution < -0.4 is 5.32 Å². The number of ether oxygens (including phenoxy) is 1. The topological polar surface area (TPSA) is 86.1 Å². The zero-order chi connectivity index (χ0) is 24.2. The molecular formula is C25H24N4O3S2. The largest absolute Gasteiger partial charge is 0.465 e. The van der Waals surface area contributed by atoms with E-state index < -0.39 is 5.97 Å². The fraction of sp³-hybridized carbons (Fsp3) is 0.200. The Morgan fingerprint density at radius 3 is 2.56 bits per heavy atom. The van der Waals surface area contributed by atoms with Gasteiger partial charge in [0, 0.05) is 16.6 Å². The molecule has 0 fully saturated rings. The molecule has 34 heavy (non-hydrogen) atoms. The highest BCUT2D eigenvalue weighted by molar-refractivity contribution is 7.99. The van der Waals surface area contributed by atoms with Crippen molar-refractivity contribution in [3.8, 4) is 16.8 Å². The number of aromatic nitrogens is 3. The lowest BCUT2D eigenvalue weighted by Crippen LogP contribution is -2.16. The van der Waals surface area contributed by atoms with Crippen molar-refractivity contribution in [1.29, 1.82) is 0 Å². The molecule has 174 valence electrons. The van der Waals surface area contributed by atoms with Gasteiger partial charge in [-0.2, -0.15) is 0 Å². The first-order chi connectivity index (χ1) is 16.4. The van der Waals surface area contributed by atoms with Gasteiger partial charge in [-0.25, -0.2) is 4.79 Å². The third-order valence-electron chi connectivity index (χ3n) is 5.26. The van der Waals surface area contributed by atoms with Crippen molar-refractivity contribution < 1.29 is 14.3 Å². The molecule has 0 aliphatic carbocycles. The van der Waals surface area contributed by atoms with Crippen LogP contribution in [0.3, 0.4) is 0 Å². The van der Waals surface area contributed by atoms with E-state index in [1.807, 2.05) is 79.2 Å². The number of benzene rings is 2. The summed E-state index contributed by atoms with van der Waals surface area (Å²) >= 11 is 2.59. The summed E-state index contributed by atoms with van der Waals surface area (Å²) in [6.07, 6.45) is 0. The Bertz CT molecular complexity index is 1350. The number of nitrogens with zero attached hydrogens (tertiary/aromatic N) is 3. The summed E-state index contributed by atoms with van der Waals surface area (Å²) in [7, 11) is 1.34. The van der Waals surface area contributed by atoms with Crippen LogP contribution in [0.2, 0.25) is 0 Å². The van der Waals surface area contributed by atoms with Crippen molar-refractivity contribution in [1.82, 2.24) is 14.8 Å². The number of thioether (sulfide) groups is 1. The van der Waals surface area contributed by atoms with Crippen LogP contribution in [0.15, 0.2) is 59.1 Å². The number of rotatable bonds is 7. The Morgan fingerprint density at radius 2 is 1.82 bits per heavy atom. The van der Waals surface area contributed by atoms with Crippen LogP contribution in [0.4, 0.5) is 5.00 Å². The number of nitrogens with one attached hydrogen (secondary N) is 1. The second-order valence-electron chi connectivity index (χ2n) is 7.70. The zero-order valence-electron chi connectivity index (χ0n) is 19.3. The number of carbonyl (C=O) groups is 2. The van der Waals surface area contributed by atoms with Gasteiger partial charge in [0.15, 0.2) is 5.16 Å². The van der Waals surface area contributed by atoms with E-state index in [1.54, 1.807) is 0 Å². The van der Waals surface area contributed by atoms with Crippen LogP contribution in [0.25, 0.3) is 16.8 Å². The van der Waals surface area contributed by atoms with Gasteiger partial charge < -0.3 is 10.1 Å². The fourth-order valence-electron chi connectivity index (χ4n) is 3.58. The minimum atomic E-state index is -0.487. The molecule has 9 heteroatoms. The molecule has 0 saturated heterocycles. The predicted octanol–water partition coefficient (Wildman–Crippen LogP) is 5.44. The minimum absolute atomic E-state index is 0.113. The Balaban J connectivity index is 1.55. The first-order valence-electron chi connectivity index (χ1n) is 10.6. The molecule has 0 radical (unpaired) electrons. The highest BCUT2D eigenvalue weighted by atomic mass is 32.2. The van der Waals surface area contributed by atoms with E-state index in [4.69, 9.17) is 4.74 Å². The molecule has 0 spiro atoms. The molecule has 1 amide bonds. The number of anilines is 1. The summed E-state index contributed by atoms with van der Waals surface area (Å²) in [6.45, 7) is 5.86. The predicted molar refractivity (Wildman–Crippen MR) is 136 cm³/mol. The lowest BCUT2D eigenvalue weighted by atomic mass is 9.97. The van der Waals surface area contributed by atoms with Crippen molar-refractivity contribution >= 4 is 40.0 Å². The highest BCUT2D eigenvalue weighted by Gasteiger charge is 2.23. The molecular weight excluding hydrogens is 468 g/mol. The van der Waals surface area contributed by atoms with Crippen LogP contribution in [0.5, 0.6) is 0 Å². The summed E-state index contributed by atoms with van der Waals surface area (Å²) in [5.41, 5.74) is 5.11. The average Bonchev–Trinajstić information content (AvgIpc) is 3.42. The van der Waals surface area contributed by atoms with Crippen LogP contribution in [0.1, 0.15) is 27.3 Å². The van der Waals surface area contributed by atoms with E-state index in [-0.39, 0.29) is 11.7 Å². The van der Waals surface area contributed by atoms with E-state index in [0.29, 0.717) is 15.7 Å². The van der Waals surface area contributed by atoms with Crippen molar-refractivity contribution in [2.45, 2.75) is 25.9 Å². The third-order valence-corrected chi connectivity index (χ3v) is 7.08. The number of carbonyl (C=O) groups excluding carboxylic acids is 2. The molecule has 0 aliphatic rings. The number of methoxy groups -OCH3 is 1. The van der Waals surface area contributed by atoms with Gasteiger partial charge in [0.25, 0.3) is 0 Å². The summed E-state index contributed by atoms with van der Waals surface area (Å²) < 4.78 is 6.94. The quantitative estimate of drug-likeness (QED) is 0.273. The van der Waals surface area contributed by atoms with Crippen LogP contribution >= 0.6 is 23.1 Å². The molecule has 2 heterocycles. The number of amides is 1. The average molecular weight is 493 g/mol. The van der Waals surface area contributed by atoms with Gasteiger partial charge in [0.2, 0.25) is 5.91 Å². The van der Waals surface area contributed by atoms with Gasteiger partial charge in [-0.1, -0.05) is 53.7 Å². The number of hydrogen-bond donors (Lipinski definition) is 1. The summed E-state index contributed by atoms with van der Waals surface area (Å²) in [4.78, 5) is 25.5. The molecule has 0 bridgehead atoms. The Kier molecular flexibility index (Phi) is 7.14. The van der Waals surface area contributed by atoms with Gasteiger partial charge in [-0.3, -0.25) is 9.36 Å². The lowest BCUT2D eigenvalue weighted by molar-refractivity contribution is -0.113. The van der Waals surface area contributed by atoms with Gasteiger partial charge in [0.1, 0.15) is 16.4 Å². The monoisotopic (exact) mass is 492 g/mol. The molecule has 0 aliphatic heterocycles. The van der Waals surface area contributed by atoms with Crippen molar-refractivity contribution in [2.24, 2.45) is 0 Å². The Hall–Kier alpha value is -3.43. The zero-order valence-corrected chi connectivity index (χ0v) is 20.9. The van der Waals surface area contributed by atoms with Crippen molar-refractivity contribution in [3.63, 3.8) is 0 Å². The fourth-order valence-corrected chi connectivity index (χ4v) is 5.34. The lowest BCUT2D eigenvalue weighted by Gasteiger charge is -2.10. The summed E-state index contributed by atoms with van der Waals surface area (Å²) in [5.74, 6) is 0.116. The van der Waals surface area contributed by atoms with Crippen molar-refractivity contribution in [3.05, 3.63) is 76.4 Å². The maximum atomic E-state index is 12.8. The maximum Gasteiger partial charge on any atom is 0.341 e. The molecule has 2 aromatic carbocycles. The second kappa shape index (κ2) is 10.2. The molecule has 2 aromatic heterocycles. The Morgan fingerprint density at radius 1 is 1.06 bits per heavy atom. The standard InChI is InChI=1S/C25H24N4O3S2/c1-15-10-11-16(2)19(12-15)20-13-33-23(22(20)24(31)32-4)26-21(30)14-34-25-28-27-17(3)29(25)18-8-6-5-7-9-18/h5-13H,14H2,1-4H3,(H,26,30). The minimum Gasteiger partial charge on any atom is -0.465 e. The Labute approximate surface area is 206 Å². The van der Waals surface area contributed by atoms with Gasteiger partial charge in [0.05, 0.1) is 12.9 Å². The van der Waals surface area contributed by atoms with Crippen molar-refractivity contribution in [2.75, 3.05) is 18.2 Å². The number of para-hydroxylation sites is 1. The summed E-state index contributed by atoms with van der Waals surface area (Å²) in [6, 6.07) is 15.8. The van der Waals surface area contributed by atoms with E-state index in [1.165, 1.54) is 30.2 Å². The van der Waals surface area contributed by atoms with Gasteiger partial charge >= 0.3 is 5.97 Å². The molecule has 0 saturated carbocycles. The number of esters is 1. The van der Waals surface area contributed by atoms with E-state index in [0.717, 1.165) is 33.8 Å². The number of hydrogen-bond acceptors (Lipinski definition) is 7. The van der Waals surface area contributed by atoms with Gasteiger partial charge in [-0.15, -0.1) is 21.5 Å². The number of thiophene rings is 1. The molecule has 4 aromatic rings. The smallest absolute Gasteiger partial charge is 0.341 e. The molecule has 7 nitrogen and oxygen atoms in total. The van der Waals surface area contributed by atoms with E-state index in [2.05, 4.69) is 15.5 Å². The third kappa shape index (κ3) is 4.90. The first kappa shape index (κ1) is 23.7. The normalized spacial score (nSPS) is 10.8. The van der Waals surface area contributed by atoms with Crippen LogP contribution in [-0.4, -0.2) is 39.5 Å². The summed E-state index contributed by atoms with van der Waals surface area (Å²) in [5, 5.41) is 14.2. The van der Waals surface area contributed by atoms with Crippen LogP contribution in [0, 0.1) is 20.8 Å². The molecule has 1 N–H and O–H groups in total. The van der Waals surface area contributed by atoms with E-state index >= 15 is 0 Å². The second-order valence-corrected chi connectivity index (χ2v) is 9.52. The van der Waals surface area contributed by atoms with E-state index in [9.17, 15) is 9.59 Å². The SMILES string of the molecule is COC(=O)c1c(-c2cc(C)ccc2C)csc1NC(=O)CSc1nnc(C)n1-c1ccccc1. The first-order valence-corrected chi connectivity index (χ1v) is 12.4. The molecule has 4 rings (SSSR count). The highest BCUT2D eigenvalue weighted by Crippen LogP contribution is 2.38. The molecule has 0 unspecified atom stereocenters. The van der Waals surface area contributed by atoms with Gasteiger partial charge in [-0.05, 0) is 44.0 Å². The molecule has 0 atom stereocenters. The number of aryl methyl sites for hydroxylation is 3. The maximum absolute atomic E-state index is 12.8. The van der Waals surface area contributed by atoms with Crippen LogP contribution in [-0.2, 0) is 9.53 Å².